The first-order valence-electron chi connectivity index (χ1n) is 9.07. The second kappa shape index (κ2) is 10.4. The van der Waals surface area contributed by atoms with Gasteiger partial charge in [-0.1, -0.05) is 36.7 Å². The minimum atomic E-state index is -0.108. The van der Waals surface area contributed by atoms with E-state index in [-0.39, 0.29) is 18.4 Å². The van der Waals surface area contributed by atoms with Gasteiger partial charge in [-0.25, -0.2) is 0 Å². The van der Waals surface area contributed by atoms with Crippen molar-refractivity contribution in [2.24, 2.45) is 5.92 Å². The first-order valence-corrected chi connectivity index (χ1v) is 9.45. The molecule has 0 atom stereocenters. The van der Waals surface area contributed by atoms with Gasteiger partial charge in [-0.3, -0.25) is 14.5 Å². The molecule has 1 fully saturated rings. The Morgan fingerprint density at radius 2 is 1.88 bits per heavy atom. The van der Waals surface area contributed by atoms with Crippen LogP contribution in [-0.2, 0) is 16.1 Å². The van der Waals surface area contributed by atoms with E-state index < -0.39 is 0 Å². The topological polar surface area (TPSA) is 61.4 Å². The lowest BCUT2D eigenvalue weighted by molar-refractivity contribution is -0.126. The third-order valence-corrected chi connectivity index (χ3v) is 4.94. The average molecular weight is 366 g/mol. The average Bonchev–Trinajstić information content (AvgIpc) is 2.61. The largest absolute Gasteiger partial charge is 0.354 e. The summed E-state index contributed by atoms with van der Waals surface area (Å²) < 4.78 is 0. The molecule has 5 nitrogen and oxygen atoms in total. The Bertz CT molecular complexity index is 572. The fourth-order valence-corrected chi connectivity index (χ4v) is 3.23. The molecule has 2 rings (SSSR count). The number of hydrogen-bond acceptors (Lipinski definition) is 3. The van der Waals surface area contributed by atoms with Crippen LogP contribution in [0.2, 0.25) is 5.02 Å². The third kappa shape index (κ3) is 7.04. The number of rotatable bonds is 8. The Balaban J connectivity index is 1.63. The molecule has 1 heterocycles. The van der Waals surface area contributed by atoms with Gasteiger partial charge < -0.3 is 10.6 Å². The van der Waals surface area contributed by atoms with Crippen molar-refractivity contribution in [3.05, 3.63) is 34.9 Å². The van der Waals surface area contributed by atoms with Crippen molar-refractivity contribution in [3.63, 3.8) is 0 Å². The maximum atomic E-state index is 11.8. The maximum Gasteiger partial charge on any atom is 0.239 e. The van der Waals surface area contributed by atoms with E-state index in [2.05, 4.69) is 21.6 Å². The number of amides is 2. The fourth-order valence-electron chi connectivity index (χ4n) is 3.03. The molecule has 0 aliphatic carbocycles. The summed E-state index contributed by atoms with van der Waals surface area (Å²) in [6.07, 6.45) is 3.39. The van der Waals surface area contributed by atoms with Crippen LogP contribution < -0.4 is 10.6 Å². The Kier molecular flexibility index (Phi) is 8.22. The van der Waals surface area contributed by atoms with E-state index in [9.17, 15) is 9.59 Å². The number of nitrogens with one attached hydrogen (secondary N) is 2. The van der Waals surface area contributed by atoms with E-state index in [4.69, 9.17) is 11.6 Å². The zero-order valence-electron chi connectivity index (χ0n) is 14.9. The van der Waals surface area contributed by atoms with Crippen LogP contribution in [0.15, 0.2) is 24.3 Å². The van der Waals surface area contributed by atoms with E-state index >= 15 is 0 Å². The van der Waals surface area contributed by atoms with Crippen LogP contribution in [0.25, 0.3) is 0 Å². The van der Waals surface area contributed by atoms with Crippen LogP contribution in [-0.4, -0.2) is 42.9 Å². The minimum absolute atomic E-state index is 0.0643. The zero-order valence-corrected chi connectivity index (χ0v) is 15.6. The number of nitrogens with zero attached hydrogens (tertiary/aromatic N) is 1. The van der Waals surface area contributed by atoms with E-state index in [0.29, 0.717) is 18.9 Å². The van der Waals surface area contributed by atoms with Crippen molar-refractivity contribution < 1.29 is 9.59 Å². The van der Waals surface area contributed by atoms with Gasteiger partial charge in [0.1, 0.15) is 0 Å². The second-order valence-corrected chi connectivity index (χ2v) is 7.05. The number of carbonyl (C=O) groups is 2. The summed E-state index contributed by atoms with van der Waals surface area (Å²) in [7, 11) is 0. The maximum absolute atomic E-state index is 11.8. The molecule has 1 saturated heterocycles. The molecule has 0 bridgehead atoms. The standard InChI is InChI=1S/C19H28ClN3O2/c1-2-5-18(24)22-13-19(25)21-12-15-8-10-23(11-9-15)14-16-6-3-4-7-17(16)20/h3-4,6-7,15H,2,5,8-14H2,1H3,(H,21,25)(H,22,24). The van der Waals surface area contributed by atoms with Crippen LogP contribution in [0.1, 0.15) is 38.2 Å². The van der Waals surface area contributed by atoms with Crippen molar-refractivity contribution >= 4 is 23.4 Å². The highest BCUT2D eigenvalue weighted by molar-refractivity contribution is 6.31. The number of piperidine rings is 1. The minimum Gasteiger partial charge on any atom is -0.354 e. The highest BCUT2D eigenvalue weighted by Crippen LogP contribution is 2.21. The van der Waals surface area contributed by atoms with Crippen molar-refractivity contribution in [1.29, 1.82) is 0 Å². The van der Waals surface area contributed by atoms with Gasteiger partial charge in [0.2, 0.25) is 11.8 Å². The van der Waals surface area contributed by atoms with Crippen molar-refractivity contribution in [1.82, 2.24) is 15.5 Å². The molecule has 2 amide bonds. The van der Waals surface area contributed by atoms with Gasteiger partial charge in [0, 0.05) is 24.5 Å². The number of hydrogen-bond donors (Lipinski definition) is 2. The molecule has 0 saturated carbocycles. The van der Waals surface area contributed by atoms with Gasteiger partial charge in [-0.15, -0.1) is 0 Å². The van der Waals surface area contributed by atoms with Gasteiger partial charge in [-0.05, 0) is 49.9 Å². The summed E-state index contributed by atoms with van der Waals surface area (Å²) in [5.74, 6) is 0.325. The summed E-state index contributed by atoms with van der Waals surface area (Å²) in [5, 5.41) is 6.39. The molecule has 0 spiro atoms. The smallest absolute Gasteiger partial charge is 0.239 e. The monoisotopic (exact) mass is 365 g/mol. The molecule has 1 aliphatic heterocycles. The summed E-state index contributed by atoms with van der Waals surface area (Å²) in [6, 6.07) is 7.97. The Morgan fingerprint density at radius 1 is 1.16 bits per heavy atom. The first-order chi connectivity index (χ1) is 12.1. The number of benzene rings is 1. The molecule has 6 heteroatoms. The van der Waals surface area contributed by atoms with Crippen molar-refractivity contribution in [2.45, 2.75) is 39.2 Å². The Hall–Kier alpha value is -1.59. The van der Waals surface area contributed by atoms with Crippen LogP contribution >= 0.6 is 11.6 Å². The Morgan fingerprint density at radius 3 is 2.56 bits per heavy atom. The molecular formula is C19H28ClN3O2. The van der Waals surface area contributed by atoms with Crippen LogP contribution in [0.5, 0.6) is 0 Å². The quantitative estimate of drug-likeness (QED) is 0.744. The number of halogens is 1. The molecule has 0 aromatic heterocycles. The third-order valence-electron chi connectivity index (χ3n) is 4.57. The molecule has 1 aliphatic rings. The summed E-state index contributed by atoms with van der Waals surface area (Å²) in [6.45, 7) is 5.60. The molecule has 1 aromatic carbocycles. The first kappa shape index (κ1) is 19.7. The van der Waals surface area contributed by atoms with Gasteiger partial charge in [0.15, 0.2) is 0 Å². The number of likely N-dealkylation sites (tertiary alicyclic amines) is 1. The van der Waals surface area contributed by atoms with Crippen LogP contribution in [0, 0.1) is 5.92 Å². The Labute approximate surface area is 155 Å². The molecule has 2 N–H and O–H groups in total. The van der Waals surface area contributed by atoms with Gasteiger partial charge >= 0.3 is 0 Å². The fraction of sp³-hybridized carbons (Fsp3) is 0.579. The summed E-state index contributed by atoms with van der Waals surface area (Å²) in [4.78, 5) is 25.6. The second-order valence-electron chi connectivity index (χ2n) is 6.64. The van der Waals surface area contributed by atoms with Gasteiger partial charge in [-0.2, -0.15) is 0 Å². The molecular weight excluding hydrogens is 338 g/mol. The van der Waals surface area contributed by atoms with Gasteiger partial charge in [0.05, 0.1) is 6.54 Å². The predicted molar refractivity (Wildman–Crippen MR) is 100 cm³/mol. The molecule has 25 heavy (non-hydrogen) atoms. The normalized spacial score (nSPS) is 15.8. The summed E-state index contributed by atoms with van der Waals surface area (Å²) in [5.41, 5.74) is 1.17. The van der Waals surface area contributed by atoms with E-state index in [0.717, 1.165) is 43.9 Å². The lowest BCUT2D eigenvalue weighted by Gasteiger charge is -2.32. The van der Waals surface area contributed by atoms with E-state index in [1.165, 1.54) is 5.56 Å². The highest BCUT2D eigenvalue weighted by Gasteiger charge is 2.20. The molecule has 138 valence electrons. The van der Waals surface area contributed by atoms with E-state index in [1.54, 1.807) is 0 Å². The zero-order chi connectivity index (χ0) is 18.1. The van der Waals surface area contributed by atoms with Gasteiger partial charge in [0.25, 0.3) is 0 Å². The lowest BCUT2D eigenvalue weighted by atomic mass is 9.96. The SMILES string of the molecule is CCCC(=O)NCC(=O)NCC1CCN(Cc2ccccc2Cl)CC1. The number of carbonyl (C=O) groups excluding carboxylic acids is 2. The summed E-state index contributed by atoms with van der Waals surface area (Å²) >= 11 is 6.22. The lowest BCUT2D eigenvalue weighted by Crippen LogP contribution is -2.41. The van der Waals surface area contributed by atoms with Crippen molar-refractivity contribution in [3.8, 4) is 0 Å². The predicted octanol–water partition coefficient (Wildman–Crippen LogP) is 2.58. The molecule has 0 radical (unpaired) electrons. The van der Waals surface area contributed by atoms with Crippen LogP contribution in [0.4, 0.5) is 0 Å². The molecule has 1 aromatic rings. The van der Waals surface area contributed by atoms with E-state index in [1.807, 2.05) is 25.1 Å². The van der Waals surface area contributed by atoms with Crippen molar-refractivity contribution in [2.75, 3.05) is 26.2 Å². The highest BCUT2D eigenvalue weighted by atomic mass is 35.5. The molecule has 0 unspecified atom stereocenters. The van der Waals surface area contributed by atoms with Crippen LogP contribution in [0.3, 0.4) is 0 Å².